The van der Waals surface area contributed by atoms with Crippen molar-refractivity contribution in [1.82, 2.24) is 0 Å². The number of rotatable bonds is 2. The fraction of sp³-hybridized carbons (Fsp3) is 0.500. The normalized spacial score (nSPS) is 20.1. The quantitative estimate of drug-likeness (QED) is 0.839. The van der Waals surface area contributed by atoms with E-state index >= 15 is 0 Å². The van der Waals surface area contributed by atoms with Gasteiger partial charge in [0.05, 0.1) is 0 Å². The Morgan fingerprint density at radius 2 is 1.93 bits per heavy atom. The highest BCUT2D eigenvalue weighted by atomic mass is 35.5. The largest absolute Gasteiger partial charge is 0.381 e. The molecule has 1 saturated heterocycles. The second-order valence-corrected chi connectivity index (χ2v) is 4.65. The molecule has 0 aliphatic carbocycles. The minimum absolute atomic E-state index is 0.136. The smallest absolute Gasteiger partial charge is 0.0483 e. The van der Waals surface area contributed by atoms with Crippen LogP contribution in [-0.4, -0.2) is 18.8 Å². The van der Waals surface area contributed by atoms with Crippen LogP contribution in [0.3, 0.4) is 0 Å². The van der Waals surface area contributed by atoms with Crippen LogP contribution in [0.5, 0.6) is 0 Å². The predicted molar refractivity (Wildman–Crippen MR) is 62.1 cm³/mol. The van der Waals surface area contributed by atoms with Crippen LogP contribution >= 0.6 is 11.6 Å². The Bertz CT molecular complexity index is 334. The van der Waals surface area contributed by atoms with Gasteiger partial charge in [-0.3, -0.25) is 0 Å². The Morgan fingerprint density at radius 3 is 2.60 bits per heavy atom. The summed E-state index contributed by atoms with van der Waals surface area (Å²) in [5, 5.41) is 0.814. The maximum Gasteiger partial charge on any atom is 0.0483 e. The molecule has 2 nitrogen and oxygen atoms in total. The zero-order chi connectivity index (χ0) is 10.7. The van der Waals surface area contributed by atoms with Gasteiger partial charge >= 0.3 is 0 Å². The standard InChI is InChI=1S/C12H16ClNO/c13-11-4-2-1-3-10(11)9-12(14)5-7-15-8-6-12/h1-4H,5-9,14H2. The van der Waals surface area contributed by atoms with E-state index < -0.39 is 0 Å². The number of ether oxygens (including phenoxy) is 1. The number of hydrogen-bond donors (Lipinski definition) is 1. The van der Waals surface area contributed by atoms with Crippen LogP contribution < -0.4 is 5.73 Å². The minimum Gasteiger partial charge on any atom is -0.381 e. The van der Waals surface area contributed by atoms with Gasteiger partial charge in [0.2, 0.25) is 0 Å². The number of halogens is 1. The highest BCUT2D eigenvalue weighted by Gasteiger charge is 2.28. The first-order valence-corrected chi connectivity index (χ1v) is 5.67. The Morgan fingerprint density at radius 1 is 1.27 bits per heavy atom. The summed E-state index contributed by atoms with van der Waals surface area (Å²) in [6.45, 7) is 1.53. The van der Waals surface area contributed by atoms with Gasteiger partial charge in [0.15, 0.2) is 0 Å². The van der Waals surface area contributed by atoms with Crippen LogP contribution in [0.1, 0.15) is 18.4 Å². The number of benzene rings is 1. The molecular formula is C12H16ClNO. The fourth-order valence-corrected chi connectivity index (χ4v) is 2.18. The first-order valence-electron chi connectivity index (χ1n) is 5.30. The van der Waals surface area contributed by atoms with Crippen molar-refractivity contribution in [3.8, 4) is 0 Å². The molecule has 1 heterocycles. The van der Waals surface area contributed by atoms with Crippen molar-refractivity contribution in [1.29, 1.82) is 0 Å². The molecule has 0 spiro atoms. The molecule has 82 valence electrons. The van der Waals surface area contributed by atoms with E-state index in [0.717, 1.165) is 43.1 Å². The van der Waals surface area contributed by atoms with Gasteiger partial charge in [0.25, 0.3) is 0 Å². The van der Waals surface area contributed by atoms with Crippen LogP contribution in [0.4, 0.5) is 0 Å². The average molecular weight is 226 g/mol. The van der Waals surface area contributed by atoms with Gasteiger partial charge in [-0.1, -0.05) is 29.8 Å². The van der Waals surface area contributed by atoms with Gasteiger partial charge in [-0.15, -0.1) is 0 Å². The lowest BCUT2D eigenvalue weighted by Crippen LogP contribution is -2.46. The third kappa shape index (κ3) is 2.71. The Hall–Kier alpha value is -0.570. The van der Waals surface area contributed by atoms with Gasteiger partial charge < -0.3 is 10.5 Å². The summed E-state index contributed by atoms with van der Waals surface area (Å²) >= 11 is 6.12. The summed E-state index contributed by atoms with van der Waals surface area (Å²) in [5.41, 5.74) is 7.33. The molecule has 15 heavy (non-hydrogen) atoms. The SMILES string of the molecule is NC1(Cc2ccccc2Cl)CCOCC1. The van der Waals surface area contributed by atoms with Gasteiger partial charge in [-0.2, -0.15) is 0 Å². The van der Waals surface area contributed by atoms with Gasteiger partial charge in [-0.25, -0.2) is 0 Å². The summed E-state index contributed by atoms with van der Waals surface area (Å²) in [6, 6.07) is 7.91. The molecule has 3 heteroatoms. The van der Waals surface area contributed by atoms with Crippen molar-refractivity contribution < 1.29 is 4.74 Å². The van der Waals surface area contributed by atoms with Crippen molar-refractivity contribution in [3.05, 3.63) is 34.9 Å². The highest BCUT2D eigenvalue weighted by Crippen LogP contribution is 2.26. The summed E-state index contributed by atoms with van der Waals surface area (Å²) in [5.74, 6) is 0. The molecule has 0 amide bonds. The summed E-state index contributed by atoms with van der Waals surface area (Å²) in [6.07, 6.45) is 2.67. The van der Waals surface area contributed by atoms with Gasteiger partial charge in [0.1, 0.15) is 0 Å². The average Bonchev–Trinajstić information content (AvgIpc) is 2.22. The van der Waals surface area contributed by atoms with Crippen LogP contribution in [0.25, 0.3) is 0 Å². The van der Waals surface area contributed by atoms with E-state index in [2.05, 4.69) is 0 Å². The predicted octanol–water partition coefficient (Wildman–Crippen LogP) is 2.39. The summed E-state index contributed by atoms with van der Waals surface area (Å²) in [7, 11) is 0. The van der Waals surface area contributed by atoms with Gasteiger partial charge in [0, 0.05) is 23.8 Å². The van der Waals surface area contributed by atoms with Crippen LogP contribution in [0.2, 0.25) is 5.02 Å². The van der Waals surface area contributed by atoms with Crippen molar-refractivity contribution in [3.63, 3.8) is 0 Å². The Kier molecular flexibility index (Phi) is 3.29. The van der Waals surface area contributed by atoms with Crippen LogP contribution in [0, 0.1) is 0 Å². The lowest BCUT2D eigenvalue weighted by Gasteiger charge is -2.33. The monoisotopic (exact) mass is 225 g/mol. The molecule has 1 aromatic carbocycles. The second kappa shape index (κ2) is 4.52. The van der Waals surface area contributed by atoms with Crippen molar-refractivity contribution in [2.75, 3.05) is 13.2 Å². The van der Waals surface area contributed by atoms with E-state index in [1.165, 1.54) is 0 Å². The Balaban J connectivity index is 2.10. The molecule has 0 radical (unpaired) electrons. The lowest BCUT2D eigenvalue weighted by molar-refractivity contribution is 0.0533. The van der Waals surface area contributed by atoms with E-state index in [4.69, 9.17) is 22.1 Å². The molecule has 1 fully saturated rings. The summed E-state index contributed by atoms with van der Waals surface area (Å²) in [4.78, 5) is 0. The van der Waals surface area contributed by atoms with E-state index in [1.807, 2.05) is 24.3 Å². The molecule has 1 aliphatic heterocycles. The van der Waals surface area contributed by atoms with E-state index in [9.17, 15) is 0 Å². The maximum atomic E-state index is 6.32. The van der Waals surface area contributed by atoms with Gasteiger partial charge in [-0.05, 0) is 30.9 Å². The topological polar surface area (TPSA) is 35.2 Å². The third-order valence-corrected chi connectivity index (χ3v) is 3.36. The third-order valence-electron chi connectivity index (χ3n) is 2.99. The van der Waals surface area contributed by atoms with E-state index in [1.54, 1.807) is 0 Å². The first kappa shape index (κ1) is 10.9. The van der Waals surface area contributed by atoms with Crippen LogP contribution in [-0.2, 0) is 11.2 Å². The zero-order valence-corrected chi connectivity index (χ0v) is 9.46. The molecule has 0 saturated carbocycles. The molecule has 1 aliphatic rings. The molecule has 0 aromatic heterocycles. The maximum absolute atomic E-state index is 6.32. The zero-order valence-electron chi connectivity index (χ0n) is 8.71. The lowest BCUT2D eigenvalue weighted by atomic mass is 9.85. The fourth-order valence-electron chi connectivity index (χ4n) is 1.98. The molecule has 0 atom stereocenters. The van der Waals surface area contributed by atoms with Crippen molar-refractivity contribution in [2.45, 2.75) is 24.8 Å². The molecule has 2 N–H and O–H groups in total. The number of nitrogens with two attached hydrogens (primary N) is 1. The number of hydrogen-bond acceptors (Lipinski definition) is 2. The van der Waals surface area contributed by atoms with E-state index in [-0.39, 0.29) is 5.54 Å². The highest BCUT2D eigenvalue weighted by molar-refractivity contribution is 6.31. The second-order valence-electron chi connectivity index (χ2n) is 4.24. The van der Waals surface area contributed by atoms with Crippen molar-refractivity contribution >= 4 is 11.6 Å². The van der Waals surface area contributed by atoms with E-state index in [0.29, 0.717) is 0 Å². The molecule has 2 rings (SSSR count). The molecular weight excluding hydrogens is 210 g/mol. The van der Waals surface area contributed by atoms with Crippen molar-refractivity contribution in [2.24, 2.45) is 5.73 Å². The molecule has 0 bridgehead atoms. The first-order chi connectivity index (χ1) is 7.20. The summed E-state index contributed by atoms with van der Waals surface area (Å²) < 4.78 is 5.32. The molecule has 0 unspecified atom stereocenters. The molecule has 1 aromatic rings. The Labute approximate surface area is 95.4 Å². The van der Waals surface area contributed by atoms with Crippen LogP contribution in [0.15, 0.2) is 24.3 Å². The minimum atomic E-state index is -0.136.